The molecule has 0 heterocycles. The average Bonchev–Trinajstić information content (AvgIpc) is 2.50. The average molecular weight is 420 g/mol. The van der Waals surface area contributed by atoms with E-state index in [1.807, 2.05) is 0 Å². The molecule has 0 saturated carbocycles. The first-order valence-corrected chi connectivity index (χ1v) is 9.52. The molecule has 0 saturated heterocycles. The molecule has 0 bridgehead atoms. The molecule has 0 unspecified atom stereocenters. The minimum Gasteiger partial charge on any atom is -0.481 e. The van der Waals surface area contributed by atoms with Crippen molar-refractivity contribution >= 4 is 26.7 Å². The second kappa shape index (κ2) is 26.6. The standard InChI is InChI=1S/C8H22N2O3Si.3C2H4O2.H3N/c1-11-14(12-2,13-3)8-4-6-10-7-5-9;3*1-2(3)4;/h10H,4-9H2,1-3H3;3*1H3,(H,3,4);1H3. The smallest absolute Gasteiger partial charge is 0.481 e. The Hall–Kier alpha value is -1.61. The maximum Gasteiger partial charge on any atom is 0.500 e. The summed E-state index contributed by atoms with van der Waals surface area (Å²) in [5, 5.41) is 25.5. The van der Waals surface area contributed by atoms with Crippen molar-refractivity contribution in [3.05, 3.63) is 0 Å². The van der Waals surface area contributed by atoms with Crippen LogP contribution in [0, 0.1) is 0 Å². The van der Waals surface area contributed by atoms with Gasteiger partial charge in [-0.3, -0.25) is 14.4 Å². The minimum absolute atomic E-state index is 0. The van der Waals surface area contributed by atoms with Crippen LogP contribution >= 0.6 is 0 Å². The van der Waals surface area contributed by atoms with Crippen molar-refractivity contribution in [2.75, 3.05) is 41.0 Å². The summed E-state index contributed by atoms with van der Waals surface area (Å²) >= 11 is 0. The minimum atomic E-state index is -2.35. The van der Waals surface area contributed by atoms with Gasteiger partial charge in [0.05, 0.1) is 0 Å². The van der Waals surface area contributed by atoms with Crippen LogP contribution in [0.4, 0.5) is 0 Å². The quantitative estimate of drug-likeness (QED) is 0.219. The number of hydrogen-bond donors (Lipinski definition) is 6. The summed E-state index contributed by atoms with van der Waals surface area (Å²) in [4.78, 5) is 27.0. The van der Waals surface area contributed by atoms with Gasteiger partial charge in [-0.05, 0) is 13.0 Å². The number of carboxylic acids is 3. The number of nitrogens with one attached hydrogen (secondary N) is 1. The lowest BCUT2D eigenvalue weighted by atomic mass is 10.5. The van der Waals surface area contributed by atoms with Crippen LogP contribution in [0.2, 0.25) is 6.04 Å². The first-order valence-electron chi connectivity index (χ1n) is 7.59. The zero-order chi connectivity index (χ0) is 21.6. The summed E-state index contributed by atoms with van der Waals surface area (Å²) in [5.41, 5.74) is 5.35. The molecule has 27 heavy (non-hydrogen) atoms. The van der Waals surface area contributed by atoms with Crippen molar-refractivity contribution in [2.45, 2.75) is 33.2 Å². The molecule has 13 heteroatoms. The topological polar surface area (TPSA) is 213 Å². The Morgan fingerprint density at radius 1 is 0.852 bits per heavy atom. The van der Waals surface area contributed by atoms with E-state index in [1.165, 1.54) is 0 Å². The zero-order valence-corrected chi connectivity index (χ0v) is 18.1. The highest BCUT2D eigenvalue weighted by atomic mass is 28.4. The lowest BCUT2D eigenvalue weighted by Crippen LogP contribution is -2.43. The van der Waals surface area contributed by atoms with Crippen molar-refractivity contribution in [3.8, 4) is 0 Å². The van der Waals surface area contributed by atoms with Gasteiger partial charge in [0.1, 0.15) is 0 Å². The summed E-state index contributed by atoms with van der Waals surface area (Å²) in [6, 6.07) is 0.827. The van der Waals surface area contributed by atoms with Crippen molar-refractivity contribution in [1.82, 2.24) is 11.5 Å². The molecule has 0 aromatic carbocycles. The van der Waals surface area contributed by atoms with Crippen molar-refractivity contribution in [3.63, 3.8) is 0 Å². The van der Waals surface area contributed by atoms with E-state index in [9.17, 15) is 0 Å². The van der Waals surface area contributed by atoms with Gasteiger partial charge in [0, 0.05) is 61.2 Å². The maximum atomic E-state index is 9.00. The van der Waals surface area contributed by atoms with Gasteiger partial charge in [-0.25, -0.2) is 0 Å². The zero-order valence-electron chi connectivity index (χ0n) is 17.1. The van der Waals surface area contributed by atoms with E-state index in [0.717, 1.165) is 46.3 Å². The SMILES string of the molecule is CC(=O)O.CC(=O)O.CC(=O)O.CO[Si](CCCNCCN)(OC)OC.N. The third kappa shape index (κ3) is 51.6. The molecular formula is C14H37N3O9Si. The number of rotatable bonds is 9. The van der Waals surface area contributed by atoms with Crippen LogP contribution in [-0.2, 0) is 27.7 Å². The lowest BCUT2D eigenvalue weighted by Gasteiger charge is -2.24. The predicted molar refractivity (Wildman–Crippen MR) is 103 cm³/mol. The Morgan fingerprint density at radius 3 is 1.37 bits per heavy atom. The van der Waals surface area contributed by atoms with Crippen LogP contribution in [0.5, 0.6) is 0 Å². The molecule has 0 spiro atoms. The Labute approximate surface area is 161 Å². The Bertz CT molecular complexity index is 308. The normalized spacial score (nSPS) is 9.00. The highest BCUT2D eigenvalue weighted by molar-refractivity contribution is 6.60. The van der Waals surface area contributed by atoms with Crippen LogP contribution in [0.15, 0.2) is 0 Å². The molecule has 166 valence electrons. The van der Waals surface area contributed by atoms with Crippen LogP contribution in [-0.4, -0.2) is 83.0 Å². The van der Waals surface area contributed by atoms with Crippen LogP contribution < -0.4 is 17.2 Å². The van der Waals surface area contributed by atoms with Crippen LogP contribution in [0.25, 0.3) is 0 Å². The van der Waals surface area contributed by atoms with Gasteiger partial charge in [0.15, 0.2) is 0 Å². The first kappa shape index (κ1) is 36.3. The van der Waals surface area contributed by atoms with Gasteiger partial charge in [-0.2, -0.15) is 0 Å². The fourth-order valence-corrected chi connectivity index (χ4v) is 2.94. The van der Waals surface area contributed by atoms with Crippen LogP contribution in [0.1, 0.15) is 27.2 Å². The molecular weight excluding hydrogens is 382 g/mol. The third-order valence-electron chi connectivity index (χ3n) is 2.09. The first-order chi connectivity index (χ1) is 11.9. The molecule has 0 radical (unpaired) electrons. The number of carboxylic acid groups (broad SMARTS) is 3. The number of aliphatic carboxylic acids is 3. The summed E-state index contributed by atoms with van der Waals surface area (Å²) in [6.07, 6.45) is 0.974. The molecule has 0 fully saturated rings. The van der Waals surface area contributed by atoms with Gasteiger partial charge >= 0.3 is 8.80 Å². The van der Waals surface area contributed by atoms with Crippen molar-refractivity contribution in [2.24, 2.45) is 5.73 Å². The second-order valence-electron chi connectivity index (χ2n) is 4.49. The number of carbonyl (C=O) groups is 3. The summed E-state index contributed by atoms with van der Waals surface area (Å²) in [6.45, 7) is 5.69. The third-order valence-corrected chi connectivity index (χ3v) is 4.92. The van der Waals surface area contributed by atoms with E-state index < -0.39 is 26.7 Å². The molecule has 0 atom stereocenters. The lowest BCUT2D eigenvalue weighted by molar-refractivity contribution is -0.135. The van der Waals surface area contributed by atoms with Gasteiger partial charge < -0.3 is 45.8 Å². The molecule has 0 aliphatic rings. The number of nitrogens with two attached hydrogens (primary N) is 1. The van der Waals surface area contributed by atoms with Crippen molar-refractivity contribution < 1.29 is 43.0 Å². The molecule has 0 aromatic rings. The highest BCUT2D eigenvalue weighted by Gasteiger charge is 2.36. The second-order valence-corrected chi connectivity index (χ2v) is 7.59. The summed E-state index contributed by atoms with van der Waals surface area (Å²) in [5.74, 6) is -2.50. The summed E-state index contributed by atoms with van der Waals surface area (Å²) in [7, 11) is 2.55. The Kier molecular flexibility index (Phi) is 35.8. The maximum absolute atomic E-state index is 9.00. The van der Waals surface area contributed by atoms with Gasteiger partial charge in [0.2, 0.25) is 0 Å². The van der Waals surface area contributed by atoms with E-state index in [2.05, 4.69) is 5.32 Å². The molecule has 0 rings (SSSR count). The fraction of sp³-hybridized carbons (Fsp3) is 0.786. The van der Waals surface area contributed by atoms with E-state index >= 15 is 0 Å². The molecule has 12 nitrogen and oxygen atoms in total. The van der Waals surface area contributed by atoms with Gasteiger partial charge in [-0.15, -0.1) is 0 Å². The van der Waals surface area contributed by atoms with E-state index in [4.69, 9.17) is 48.7 Å². The van der Waals surface area contributed by atoms with Gasteiger partial charge in [-0.1, -0.05) is 0 Å². The molecule has 0 aliphatic carbocycles. The van der Waals surface area contributed by atoms with Gasteiger partial charge in [0.25, 0.3) is 17.9 Å². The molecule has 9 N–H and O–H groups in total. The molecule has 0 amide bonds. The predicted octanol–water partition coefficient (Wildman–Crippen LogP) is 0.238. The number of hydrogen-bond acceptors (Lipinski definition) is 9. The molecule has 0 aliphatic heterocycles. The Morgan fingerprint density at radius 2 is 1.15 bits per heavy atom. The summed E-state index contributed by atoms with van der Waals surface area (Å²) < 4.78 is 15.9. The Balaban J connectivity index is -0.000000102. The molecule has 0 aromatic heterocycles. The monoisotopic (exact) mass is 419 g/mol. The van der Waals surface area contributed by atoms with E-state index in [-0.39, 0.29) is 6.15 Å². The highest BCUT2D eigenvalue weighted by Crippen LogP contribution is 2.13. The van der Waals surface area contributed by atoms with Crippen molar-refractivity contribution in [1.29, 1.82) is 0 Å². The van der Waals surface area contributed by atoms with E-state index in [0.29, 0.717) is 6.54 Å². The van der Waals surface area contributed by atoms with Crippen LogP contribution in [0.3, 0.4) is 0 Å². The fourth-order valence-electron chi connectivity index (χ4n) is 1.21. The van der Waals surface area contributed by atoms with E-state index in [1.54, 1.807) is 21.3 Å². The largest absolute Gasteiger partial charge is 0.500 e.